The third-order valence-corrected chi connectivity index (χ3v) is 5.61. The van der Waals surface area contributed by atoms with E-state index in [1.54, 1.807) is 36.1 Å². The van der Waals surface area contributed by atoms with E-state index in [0.717, 1.165) is 12.8 Å². The summed E-state index contributed by atoms with van der Waals surface area (Å²) >= 11 is 0. The van der Waals surface area contributed by atoms with Gasteiger partial charge in [0.25, 0.3) is 5.91 Å². The Kier molecular flexibility index (Phi) is 6.01. The number of anilines is 1. The molecule has 1 aromatic rings. The summed E-state index contributed by atoms with van der Waals surface area (Å²) in [5.41, 5.74) is 6.43. The first kappa shape index (κ1) is 17.7. The lowest BCUT2D eigenvalue weighted by atomic mass is 9.96. The van der Waals surface area contributed by atoms with Crippen LogP contribution in [0.25, 0.3) is 0 Å². The van der Waals surface area contributed by atoms with E-state index in [0.29, 0.717) is 43.2 Å². The molecular weight excluding hydrogens is 314 g/mol. The van der Waals surface area contributed by atoms with Crippen LogP contribution in [-0.2, 0) is 10.0 Å². The highest BCUT2D eigenvalue weighted by atomic mass is 32.2. The first-order chi connectivity index (χ1) is 11.0. The minimum atomic E-state index is -3.42. The number of amides is 1. The number of hydrogen-bond donors (Lipinski definition) is 2. The van der Waals surface area contributed by atoms with Gasteiger partial charge in [0.15, 0.2) is 0 Å². The second-order valence-electron chi connectivity index (χ2n) is 5.94. The number of nitrogens with zero attached hydrogens (tertiary/aromatic N) is 1. The van der Waals surface area contributed by atoms with Crippen LogP contribution in [0.3, 0.4) is 0 Å². The molecule has 1 aliphatic rings. The van der Waals surface area contributed by atoms with E-state index in [9.17, 15) is 13.2 Å². The molecule has 6 nitrogen and oxygen atoms in total. The van der Waals surface area contributed by atoms with Crippen molar-refractivity contribution in [2.75, 3.05) is 30.1 Å². The lowest BCUT2D eigenvalue weighted by Gasteiger charge is -2.31. The van der Waals surface area contributed by atoms with Crippen molar-refractivity contribution in [2.24, 2.45) is 11.7 Å². The highest BCUT2D eigenvalue weighted by Gasteiger charge is 2.25. The zero-order valence-electron chi connectivity index (χ0n) is 13.5. The molecule has 0 bridgehead atoms. The Morgan fingerprint density at radius 2 is 1.96 bits per heavy atom. The molecular formula is C16H25N3O3S. The van der Waals surface area contributed by atoms with Crippen molar-refractivity contribution in [3.05, 3.63) is 29.8 Å². The Morgan fingerprint density at radius 1 is 1.30 bits per heavy atom. The van der Waals surface area contributed by atoms with Crippen molar-refractivity contribution in [3.8, 4) is 0 Å². The Labute approximate surface area is 138 Å². The fourth-order valence-electron chi connectivity index (χ4n) is 2.79. The van der Waals surface area contributed by atoms with Crippen molar-refractivity contribution in [1.82, 2.24) is 4.90 Å². The van der Waals surface area contributed by atoms with E-state index in [-0.39, 0.29) is 11.7 Å². The fourth-order valence-corrected chi connectivity index (χ4v) is 3.94. The van der Waals surface area contributed by atoms with Gasteiger partial charge in [0, 0.05) is 13.1 Å². The summed E-state index contributed by atoms with van der Waals surface area (Å²) < 4.78 is 26.5. The molecule has 1 heterocycles. The van der Waals surface area contributed by atoms with E-state index in [1.165, 1.54) is 0 Å². The van der Waals surface area contributed by atoms with Crippen LogP contribution in [0.2, 0.25) is 0 Å². The van der Waals surface area contributed by atoms with Gasteiger partial charge in [-0.05, 0) is 43.9 Å². The lowest BCUT2D eigenvalue weighted by Crippen LogP contribution is -2.40. The number of likely N-dealkylation sites (tertiary alicyclic amines) is 1. The van der Waals surface area contributed by atoms with Crippen LogP contribution >= 0.6 is 0 Å². The van der Waals surface area contributed by atoms with Crippen molar-refractivity contribution in [3.63, 3.8) is 0 Å². The normalized spacial score (nSPS) is 16.3. The van der Waals surface area contributed by atoms with Gasteiger partial charge in [0.2, 0.25) is 10.0 Å². The lowest BCUT2D eigenvalue weighted by molar-refractivity contribution is 0.0694. The van der Waals surface area contributed by atoms with Crippen molar-refractivity contribution >= 4 is 21.6 Å². The van der Waals surface area contributed by atoms with E-state index >= 15 is 0 Å². The molecule has 3 N–H and O–H groups in total. The maximum Gasteiger partial charge on any atom is 0.255 e. The van der Waals surface area contributed by atoms with Crippen LogP contribution in [0, 0.1) is 5.92 Å². The first-order valence-corrected chi connectivity index (χ1v) is 9.71. The van der Waals surface area contributed by atoms with Gasteiger partial charge in [-0.1, -0.05) is 19.1 Å². The van der Waals surface area contributed by atoms with Gasteiger partial charge in [0.05, 0.1) is 17.0 Å². The second-order valence-corrected chi connectivity index (χ2v) is 7.78. The van der Waals surface area contributed by atoms with Crippen LogP contribution in [0.5, 0.6) is 0 Å². The number of benzene rings is 1. The molecule has 128 valence electrons. The van der Waals surface area contributed by atoms with E-state index in [4.69, 9.17) is 5.73 Å². The highest BCUT2D eigenvalue weighted by molar-refractivity contribution is 7.92. The Hall–Kier alpha value is -1.60. The standard InChI is InChI=1S/C16H25N3O3S/c1-2-11-23(21,22)18-15-6-4-3-5-14(15)16(20)19-9-7-13(12-17)8-10-19/h3-6,13,18H,2,7-12,17H2,1H3. The largest absolute Gasteiger partial charge is 0.339 e. The fraction of sp³-hybridized carbons (Fsp3) is 0.562. The number of nitrogens with two attached hydrogens (primary N) is 1. The maximum absolute atomic E-state index is 12.7. The minimum absolute atomic E-state index is 0.0391. The molecule has 0 aliphatic carbocycles. The molecule has 7 heteroatoms. The maximum atomic E-state index is 12.7. The van der Waals surface area contributed by atoms with Crippen molar-refractivity contribution in [1.29, 1.82) is 0 Å². The zero-order chi connectivity index (χ0) is 16.9. The number of hydrogen-bond acceptors (Lipinski definition) is 4. The zero-order valence-corrected chi connectivity index (χ0v) is 14.3. The SMILES string of the molecule is CCCS(=O)(=O)Nc1ccccc1C(=O)N1CCC(CN)CC1. The van der Waals surface area contributed by atoms with Gasteiger partial charge in [0.1, 0.15) is 0 Å². The number of rotatable bonds is 6. The summed E-state index contributed by atoms with van der Waals surface area (Å²) in [6.45, 7) is 3.78. The number of carbonyl (C=O) groups is 1. The van der Waals surface area contributed by atoms with Gasteiger partial charge in [-0.25, -0.2) is 8.42 Å². The summed E-state index contributed by atoms with van der Waals surface area (Å²) in [7, 11) is -3.42. The van der Waals surface area contributed by atoms with Gasteiger partial charge >= 0.3 is 0 Å². The average Bonchev–Trinajstić information content (AvgIpc) is 2.54. The van der Waals surface area contributed by atoms with E-state index < -0.39 is 10.0 Å². The predicted molar refractivity (Wildman–Crippen MR) is 91.8 cm³/mol. The molecule has 0 saturated carbocycles. The van der Waals surface area contributed by atoms with Crippen LogP contribution < -0.4 is 10.5 Å². The van der Waals surface area contributed by atoms with Gasteiger partial charge in [-0.15, -0.1) is 0 Å². The van der Waals surface area contributed by atoms with E-state index in [2.05, 4.69) is 4.72 Å². The third kappa shape index (κ3) is 4.68. The second kappa shape index (κ2) is 7.79. The molecule has 1 aromatic carbocycles. The van der Waals surface area contributed by atoms with Gasteiger partial charge in [-0.2, -0.15) is 0 Å². The third-order valence-electron chi connectivity index (χ3n) is 4.13. The molecule has 0 unspecified atom stereocenters. The summed E-state index contributed by atoms with van der Waals surface area (Å²) in [6.07, 6.45) is 2.32. The van der Waals surface area contributed by atoms with Crippen LogP contribution in [0.15, 0.2) is 24.3 Å². The van der Waals surface area contributed by atoms with Gasteiger partial charge < -0.3 is 10.6 Å². The molecule has 1 fully saturated rings. The number of nitrogens with one attached hydrogen (secondary N) is 1. The summed E-state index contributed by atoms with van der Waals surface area (Å²) in [6, 6.07) is 6.77. The molecule has 1 aliphatic heterocycles. The molecule has 1 amide bonds. The molecule has 0 radical (unpaired) electrons. The molecule has 1 saturated heterocycles. The molecule has 2 rings (SSSR count). The number of carbonyl (C=O) groups excluding carboxylic acids is 1. The van der Waals surface area contributed by atoms with Crippen LogP contribution in [-0.4, -0.2) is 44.6 Å². The Balaban J connectivity index is 2.15. The average molecular weight is 339 g/mol. The van der Waals surface area contributed by atoms with Crippen molar-refractivity contribution < 1.29 is 13.2 Å². The smallest absolute Gasteiger partial charge is 0.255 e. The van der Waals surface area contributed by atoms with Crippen molar-refractivity contribution in [2.45, 2.75) is 26.2 Å². The number of piperidine rings is 1. The van der Waals surface area contributed by atoms with E-state index in [1.807, 2.05) is 0 Å². The quantitative estimate of drug-likeness (QED) is 0.824. The predicted octanol–water partition coefficient (Wildman–Crippen LogP) is 1.65. The summed E-state index contributed by atoms with van der Waals surface area (Å²) in [4.78, 5) is 14.5. The molecule has 23 heavy (non-hydrogen) atoms. The number of para-hydroxylation sites is 1. The van der Waals surface area contributed by atoms with Gasteiger partial charge in [-0.3, -0.25) is 9.52 Å². The number of sulfonamides is 1. The molecule has 0 atom stereocenters. The molecule has 0 spiro atoms. The summed E-state index contributed by atoms with van der Waals surface area (Å²) in [5, 5.41) is 0. The topological polar surface area (TPSA) is 92.5 Å². The van der Waals surface area contributed by atoms with Crippen LogP contribution in [0.1, 0.15) is 36.5 Å². The van der Waals surface area contributed by atoms with Crippen LogP contribution in [0.4, 0.5) is 5.69 Å². The minimum Gasteiger partial charge on any atom is -0.339 e. The molecule has 0 aromatic heterocycles. The highest BCUT2D eigenvalue weighted by Crippen LogP contribution is 2.22. The monoisotopic (exact) mass is 339 g/mol. The Bertz CT molecular complexity index is 638. The summed E-state index contributed by atoms with van der Waals surface area (Å²) in [5.74, 6) is 0.379. The first-order valence-electron chi connectivity index (χ1n) is 8.05. The Morgan fingerprint density at radius 3 is 2.57 bits per heavy atom.